The molecule has 1 aliphatic heterocycles. The van der Waals surface area contributed by atoms with Gasteiger partial charge in [0.15, 0.2) is 0 Å². The number of halogens is 1. The highest BCUT2D eigenvalue weighted by atomic mass is 35.5. The van der Waals surface area contributed by atoms with E-state index in [9.17, 15) is 4.79 Å². The molecule has 1 aliphatic rings. The maximum Gasteiger partial charge on any atom is 0.322 e. The highest BCUT2D eigenvalue weighted by molar-refractivity contribution is 6.28. The molecule has 8 heteroatoms. The van der Waals surface area contributed by atoms with Crippen LogP contribution in [-0.2, 0) is 4.79 Å². The quantitative estimate of drug-likeness (QED) is 0.849. The number of carbonyl (C=O) groups excluding carboxylic acids is 1. The Morgan fingerprint density at radius 2 is 2.22 bits per heavy atom. The standard InChI is InChI=1S/C10H14ClN5O2/c1-2-18-10-14-8(11)13-9(15-10)16-5-3-7(17)12-4-6-16/h2-6H2,1H3,(H,12,17). The summed E-state index contributed by atoms with van der Waals surface area (Å²) in [6, 6.07) is 0.205. The number of nitrogens with zero attached hydrogens (tertiary/aromatic N) is 4. The molecule has 1 aromatic heterocycles. The van der Waals surface area contributed by atoms with Crippen molar-refractivity contribution in [1.29, 1.82) is 0 Å². The van der Waals surface area contributed by atoms with Gasteiger partial charge in [-0.3, -0.25) is 4.79 Å². The monoisotopic (exact) mass is 271 g/mol. The number of hydrogen-bond acceptors (Lipinski definition) is 6. The topological polar surface area (TPSA) is 80.2 Å². The summed E-state index contributed by atoms with van der Waals surface area (Å²) >= 11 is 5.82. The summed E-state index contributed by atoms with van der Waals surface area (Å²) in [4.78, 5) is 25.2. The summed E-state index contributed by atoms with van der Waals surface area (Å²) in [5.74, 6) is 0.470. The fraction of sp³-hybridized carbons (Fsp3) is 0.600. The second-order valence-electron chi connectivity index (χ2n) is 3.71. The summed E-state index contributed by atoms with van der Waals surface area (Å²) in [7, 11) is 0. The molecule has 0 saturated carbocycles. The number of carbonyl (C=O) groups is 1. The van der Waals surface area contributed by atoms with Crippen LogP contribution in [0.1, 0.15) is 13.3 Å². The normalized spacial score (nSPS) is 16.1. The molecule has 1 fully saturated rings. The molecule has 7 nitrogen and oxygen atoms in total. The maximum absolute atomic E-state index is 11.3. The van der Waals surface area contributed by atoms with Crippen LogP contribution in [0, 0.1) is 0 Å². The smallest absolute Gasteiger partial charge is 0.322 e. The summed E-state index contributed by atoms with van der Waals surface area (Å²) < 4.78 is 5.21. The zero-order valence-electron chi connectivity index (χ0n) is 10.0. The van der Waals surface area contributed by atoms with Gasteiger partial charge in [0.25, 0.3) is 0 Å². The molecule has 0 aliphatic carbocycles. The van der Waals surface area contributed by atoms with Crippen molar-refractivity contribution < 1.29 is 9.53 Å². The lowest BCUT2D eigenvalue weighted by atomic mass is 10.4. The Hall–Kier alpha value is -1.63. The third-order valence-corrected chi connectivity index (χ3v) is 2.61. The first-order chi connectivity index (χ1) is 8.69. The number of anilines is 1. The SMILES string of the molecule is CCOc1nc(Cl)nc(N2CCNC(=O)CC2)n1. The van der Waals surface area contributed by atoms with Crippen molar-refractivity contribution in [3.63, 3.8) is 0 Å². The number of hydrogen-bond donors (Lipinski definition) is 1. The zero-order valence-corrected chi connectivity index (χ0v) is 10.8. The van der Waals surface area contributed by atoms with Crippen LogP contribution < -0.4 is 15.0 Å². The summed E-state index contributed by atoms with van der Waals surface area (Å²) in [6.07, 6.45) is 0.410. The lowest BCUT2D eigenvalue weighted by molar-refractivity contribution is -0.120. The predicted molar refractivity (Wildman–Crippen MR) is 65.8 cm³/mol. The van der Waals surface area contributed by atoms with Crippen molar-refractivity contribution in [1.82, 2.24) is 20.3 Å². The van der Waals surface area contributed by atoms with E-state index in [0.29, 0.717) is 38.6 Å². The molecule has 0 atom stereocenters. The number of amides is 1. The van der Waals surface area contributed by atoms with Gasteiger partial charge in [-0.1, -0.05) is 0 Å². The van der Waals surface area contributed by atoms with Gasteiger partial charge in [-0.15, -0.1) is 0 Å². The average molecular weight is 272 g/mol. The Kier molecular flexibility index (Phi) is 4.14. The molecular weight excluding hydrogens is 258 g/mol. The van der Waals surface area contributed by atoms with E-state index in [1.165, 1.54) is 0 Å². The number of aromatic nitrogens is 3. The van der Waals surface area contributed by atoms with E-state index < -0.39 is 0 Å². The molecule has 98 valence electrons. The fourth-order valence-electron chi connectivity index (χ4n) is 1.62. The van der Waals surface area contributed by atoms with E-state index in [1.807, 2.05) is 11.8 Å². The van der Waals surface area contributed by atoms with Gasteiger partial charge in [0.1, 0.15) is 0 Å². The summed E-state index contributed by atoms with van der Waals surface area (Å²) in [6.45, 7) is 4.05. The van der Waals surface area contributed by atoms with Crippen molar-refractivity contribution >= 4 is 23.5 Å². The first-order valence-electron chi connectivity index (χ1n) is 5.75. The molecule has 1 N–H and O–H groups in total. The third kappa shape index (κ3) is 3.19. The number of rotatable bonds is 3. The maximum atomic E-state index is 11.3. The molecule has 0 radical (unpaired) electrons. The van der Waals surface area contributed by atoms with Crippen LogP contribution in [0.25, 0.3) is 0 Å². The number of ether oxygens (including phenoxy) is 1. The molecule has 2 heterocycles. The van der Waals surface area contributed by atoms with E-state index in [4.69, 9.17) is 16.3 Å². The third-order valence-electron chi connectivity index (χ3n) is 2.44. The Balaban J connectivity index is 2.18. The highest BCUT2D eigenvalue weighted by Gasteiger charge is 2.17. The molecule has 2 rings (SSSR count). The van der Waals surface area contributed by atoms with Crippen molar-refractivity contribution in [3.8, 4) is 6.01 Å². The van der Waals surface area contributed by atoms with Crippen LogP contribution >= 0.6 is 11.6 Å². The van der Waals surface area contributed by atoms with E-state index in [2.05, 4.69) is 20.3 Å². The first-order valence-corrected chi connectivity index (χ1v) is 6.13. The fourth-order valence-corrected chi connectivity index (χ4v) is 1.77. The second-order valence-corrected chi connectivity index (χ2v) is 4.05. The minimum atomic E-state index is 0.0303. The van der Waals surface area contributed by atoms with Crippen LogP contribution in [0.3, 0.4) is 0 Å². The van der Waals surface area contributed by atoms with Gasteiger partial charge < -0.3 is 15.0 Å². The van der Waals surface area contributed by atoms with Gasteiger partial charge in [0.05, 0.1) is 6.61 Å². The highest BCUT2D eigenvalue weighted by Crippen LogP contribution is 2.15. The Bertz CT molecular complexity index is 442. The van der Waals surface area contributed by atoms with Gasteiger partial charge in [-0.05, 0) is 18.5 Å². The lowest BCUT2D eigenvalue weighted by Crippen LogP contribution is -2.30. The first kappa shape index (κ1) is 12.8. The Morgan fingerprint density at radius 1 is 1.39 bits per heavy atom. The second kappa shape index (κ2) is 5.81. The van der Waals surface area contributed by atoms with E-state index in [0.717, 1.165) is 0 Å². The minimum Gasteiger partial charge on any atom is -0.464 e. The summed E-state index contributed by atoms with van der Waals surface area (Å²) in [5.41, 5.74) is 0. The molecule has 0 aromatic carbocycles. The molecule has 0 bridgehead atoms. The molecule has 0 unspecified atom stereocenters. The molecule has 0 spiro atoms. The lowest BCUT2D eigenvalue weighted by Gasteiger charge is -2.19. The van der Waals surface area contributed by atoms with Crippen LogP contribution in [0.15, 0.2) is 0 Å². The van der Waals surface area contributed by atoms with Crippen molar-refractivity contribution in [2.24, 2.45) is 0 Å². The molecule has 18 heavy (non-hydrogen) atoms. The van der Waals surface area contributed by atoms with Crippen molar-refractivity contribution in [2.75, 3.05) is 31.1 Å². The summed E-state index contributed by atoms with van der Waals surface area (Å²) in [5, 5.41) is 2.87. The van der Waals surface area contributed by atoms with Gasteiger partial charge in [-0.25, -0.2) is 0 Å². The molecule has 1 saturated heterocycles. The van der Waals surface area contributed by atoms with Gasteiger partial charge in [0.2, 0.25) is 17.1 Å². The van der Waals surface area contributed by atoms with Crippen LogP contribution in [0.2, 0.25) is 5.28 Å². The van der Waals surface area contributed by atoms with Crippen LogP contribution in [-0.4, -0.2) is 47.1 Å². The van der Waals surface area contributed by atoms with Gasteiger partial charge >= 0.3 is 6.01 Å². The van der Waals surface area contributed by atoms with Crippen LogP contribution in [0.5, 0.6) is 6.01 Å². The van der Waals surface area contributed by atoms with Crippen LogP contribution in [0.4, 0.5) is 5.95 Å². The van der Waals surface area contributed by atoms with E-state index in [-0.39, 0.29) is 17.2 Å². The number of nitrogens with one attached hydrogen (secondary N) is 1. The Labute approximate surface area is 110 Å². The molecule has 1 amide bonds. The van der Waals surface area contributed by atoms with Gasteiger partial charge in [0, 0.05) is 26.1 Å². The molecular formula is C10H14ClN5O2. The average Bonchev–Trinajstić information content (AvgIpc) is 2.54. The van der Waals surface area contributed by atoms with Gasteiger partial charge in [-0.2, -0.15) is 15.0 Å². The van der Waals surface area contributed by atoms with E-state index in [1.54, 1.807) is 0 Å². The van der Waals surface area contributed by atoms with Crippen molar-refractivity contribution in [2.45, 2.75) is 13.3 Å². The van der Waals surface area contributed by atoms with E-state index >= 15 is 0 Å². The minimum absolute atomic E-state index is 0.0303. The zero-order chi connectivity index (χ0) is 13.0. The predicted octanol–water partition coefficient (Wildman–Crippen LogP) is 0.250. The Morgan fingerprint density at radius 3 is 3.00 bits per heavy atom. The van der Waals surface area contributed by atoms with Crippen molar-refractivity contribution in [3.05, 3.63) is 5.28 Å². The molecule has 1 aromatic rings. The largest absolute Gasteiger partial charge is 0.464 e.